The topological polar surface area (TPSA) is 120 Å². The van der Waals surface area contributed by atoms with Crippen LogP contribution in [0.4, 0.5) is 10.6 Å². The minimum atomic E-state index is -0.887. The number of hydrogen-bond acceptors (Lipinski definition) is 7. The summed E-state index contributed by atoms with van der Waals surface area (Å²) in [5, 5.41) is 17.9. The number of carbonyl (C=O) groups excluding carboxylic acids is 1. The molecule has 1 aromatic carbocycles. The van der Waals surface area contributed by atoms with Gasteiger partial charge < -0.3 is 25.1 Å². The molecular weight excluding hydrogens is 568 g/mol. The Kier molecular flexibility index (Phi) is 9.54. The molecule has 1 saturated carbocycles. The highest BCUT2D eigenvalue weighted by molar-refractivity contribution is 6.07. The molecule has 0 atom stereocenters. The van der Waals surface area contributed by atoms with Crippen molar-refractivity contribution in [3.8, 4) is 11.3 Å². The molecule has 1 saturated heterocycles. The number of pyridine rings is 2. The van der Waals surface area contributed by atoms with E-state index in [0.717, 1.165) is 79.8 Å². The first kappa shape index (κ1) is 30.5. The number of carbonyl (C=O) groups is 2. The van der Waals surface area contributed by atoms with Crippen LogP contribution in [0.3, 0.4) is 0 Å². The molecule has 11 heteroatoms. The van der Waals surface area contributed by atoms with Crippen LogP contribution in [0.15, 0.2) is 67.1 Å². The zero-order valence-corrected chi connectivity index (χ0v) is 25.9. The molecule has 0 spiro atoms. The van der Waals surface area contributed by atoms with E-state index in [4.69, 9.17) is 9.97 Å². The zero-order chi connectivity index (χ0) is 31.2. The Labute approximate surface area is 263 Å². The number of rotatable bonds is 10. The average Bonchev–Trinajstić information content (AvgIpc) is 3.60. The van der Waals surface area contributed by atoms with E-state index in [0.29, 0.717) is 43.6 Å². The number of likely N-dealkylation sites (N-methyl/N-ethyl adjacent to an activating group) is 1. The quantitative estimate of drug-likeness (QED) is 0.270. The van der Waals surface area contributed by atoms with Crippen molar-refractivity contribution in [2.24, 2.45) is 11.8 Å². The number of piperazine rings is 1. The number of benzene rings is 1. The minimum absolute atomic E-state index is 0.102. The fourth-order valence-electron chi connectivity index (χ4n) is 6.45. The summed E-state index contributed by atoms with van der Waals surface area (Å²) in [6.45, 7) is 6.05. The number of fused-ring (bicyclic) bond motifs is 1. The number of nitrogens with one attached hydrogen (secondary N) is 1. The Morgan fingerprint density at radius 2 is 1.78 bits per heavy atom. The molecule has 2 amide bonds. The normalized spacial score (nSPS) is 19.0. The molecular formula is C34H42N8O3. The lowest BCUT2D eigenvalue weighted by Crippen LogP contribution is -2.44. The number of anilines is 1. The fourth-order valence-corrected chi connectivity index (χ4v) is 6.45. The molecule has 1 aliphatic carbocycles. The van der Waals surface area contributed by atoms with Crippen molar-refractivity contribution >= 4 is 28.7 Å². The lowest BCUT2D eigenvalue weighted by atomic mass is 9.81. The van der Waals surface area contributed by atoms with Crippen molar-refractivity contribution in [3.05, 3.63) is 72.7 Å². The second kappa shape index (κ2) is 14.1. The molecule has 2 aliphatic rings. The molecule has 2 fully saturated rings. The van der Waals surface area contributed by atoms with Crippen molar-refractivity contribution in [3.63, 3.8) is 0 Å². The van der Waals surface area contributed by atoms with E-state index >= 15 is 0 Å². The van der Waals surface area contributed by atoms with Crippen LogP contribution in [0.1, 0.15) is 36.0 Å². The summed E-state index contributed by atoms with van der Waals surface area (Å²) in [6, 6.07) is 15.6. The van der Waals surface area contributed by atoms with Crippen molar-refractivity contribution in [2.45, 2.75) is 32.2 Å². The molecule has 4 aromatic rings. The van der Waals surface area contributed by atoms with Crippen LogP contribution in [-0.4, -0.2) is 99.5 Å². The summed E-state index contributed by atoms with van der Waals surface area (Å²) in [4.78, 5) is 41.2. The SMILES string of the molecule is CN1CCN(c2ccc(-c3cc(C(=O)NCC4CCC(CN(CCn5cccn5)C(=O)O)CC4)c4ccccc4n3)cn2)CC1. The molecule has 45 heavy (non-hydrogen) atoms. The van der Waals surface area contributed by atoms with Gasteiger partial charge in [-0.15, -0.1) is 0 Å². The number of nitrogens with zero attached hydrogens (tertiary/aromatic N) is 7. The minimum Gasteiger partial charge on any atom is -0.465 e. The Hall–Kier alpha value is -4.51. The molecule has 0 bridgehead atoms. The monoisotopic (exact) mass is 610 g/mol. The number of amides is 2. The third kappa shape index (κ3) is 7.59. The molecule has 6 rings (SSSR count). The smallest absolute Gasteiger partial charge is 0.407 e. The van der Waals surface area contributed by atoms with E-state index in [1.54, 1.807) is 10.9 Å². The van der Waals surface area contributed by atoms with Gasteiger partial charge >= 0.3 is 6.09 Å². The second-order valence-corrected chi connectivity index (χ2v) is 12.4. The third-order valence-corrected chi connectivity index (χ3v) is 9.26. The molecule has 3 aromatic heterocycles. The van der Waals surface area contributed by atoms with Crippen LogP contribution in [0, 0.1) is 11.8 Å². The second-order valence-electron chi connectivity index (χ2n) is 12.4. The summed E-state index contributed by atoms with van der Waals surface area (Å²) < 4.78 is 1.76. The average molecular weight is 611 g/mol. The summed E-state index contributed by atoms with van der Waals surface area (Å²) in [5.41, 5.74) is 3.00. The van der Waals surface area contributed by atoms with Gasteiger partial charge in [-0.05, 0) is 74.9 Å². The van der Waals surface area contributed by atoms with Crippen LogP contribution < -0.4 is 10.2 Å². The predicted molar refractivity (Wildman–Crippen MR) is 174 cm³/mol. The van der Waals surface area contributed by atoms with Gasteiger partial charge in [0.25, 0.3) is 5.91 Å². The fraction of sp³-hybridized carbons (Fsp3) is 0.441. The van der Waals surface area contributed by atoms with Crippen LogP contribution in [0.5, 0.6) is 0 Å². The molecule has 2 N–H and O–H groups in total. The van der Waals surface area contributed by atoms with Crippen LogP contribution in [0.2, 0.25) is 0 Å². The van der Waals surface area contributed by atoms with Crippen molar-refractivity contribution in [1.82, 2.24) is 34.9 Å². The van der Waals surface area contributed by atoms with Gasteiger partial charge in [0.2, 0.25) is 0 Å². The van der Waals surface area contributed by atoms with Crippen molar-refractivity contribution < 1.29 is 14.7 Å². The summed E-state index contributed by atoms with van der Waals surface area (Å²) in [6.07, 6.45) is 8.34. The Morgan fingerprint density at radius 3 is 2.49 bits per heavy atom. The lowest BCUT2D eigenvalue weighted by Gasteiger charge is -2.33. The standard InChI is InChI=1S/C34H42N8O3/c1-39-15-17-40(18-16-39)32-12-11-27(23-35-32)31-21-29(28-5-2-3-6-30(28)38-31)33(43)36-22-25-7-9-26(10-8-25)24-41(34(44)45)19-20-42-14-4-13-37-42/h2-6,11-14,21,23,25-26H,7-10,15-20,22,24H2,1H3,(H,36,43)(H,44,45). The van der Waals surface area contributed by atoms with Gasteiger partial charge in [0, 0.05) is 75.4 Å². The predicted octanol–water partition coefficient (Wildman–Crippen LogP) is 4.46. The van der Waals surface area contributed by atoms with E-state index in [9.17, 15) is 14.7 Å². The van der Waals surface area contributed by atoms with Crippen LogP contribution in [0.25, 0.3) is 22.2 Å². The van der Waals surface area contributed by atoms with E-state index in [1.807, 2.05) is 60.9 Å². The summed E-state index contributed by atoms with van der Waals surface area (Å²) >= 11 is 0. The number of carboxylic acid groups (broad SMARTS) is 1. The highest BCUT2D eigenvalue weighted by atomic mass is 16.4. The zero-order valence-electron chi connectivity index (χ0n) is 25.9. The van der Waals surface area contributed by atoms with Crippen LogP contribution >= 0.6 is 0 Å². The van der Waals surface area contributed by atoms with E-state index in [2.05, 4.69) is 27.3 Å². The Balaban J connectivity index is 1.06. The van der Waals surface area contributed by atoms with E-state index in [1.165, 1.54) is 4.90 Å². The van der Waals surface area contributed by atoms with Gasteiger partial charge in [0.05, 0.1) is 23.3 Å². The Bertz CT molecular complexity index is 1580. The Morgan fingerprint density at radius 1 is 1.00 bits per heavy atom. The third-order valence-electron chi connectivity index (χ3n) is 9.26. The van der Waals surface area contributed by atoms with Gasteiger partial charge in [0.15, 0.2) is 0 Å². The highest BCUT2D eigenvalue weighted by Gasteiger charge is 2.26. The first-order valence-corrected chi connectivity index (χ1v) is 16.0. The van der Waals surface area contributed by atoms with E-state index in [-0.39, 0.29) is 5.91 Å². The maximum Gasteiger partial charge on any atom is 0.407 e. The molecule has 4 heterocycles. The van der Waals surface area contributed by atoms with Gasteiger partial charge in [0.1, 0.15) is 5.82 Å². The summed E-state index contributed by atoms with van der Waals surface area (Å²) in [7, 11) is 2.14. The maximum absolute atomic E-state index is 13.6. The van der Waals surface area contributed by atoms with Gasteiger partial charge in [-0.2, -0.15) is 5.10 Å². The van der Waals surface area contributed by atoms with Crippen molar-refractivity contribution in [2.75, 3.05) is 57.8 Å². The summed E-state index contributed by atoms with van der Waals surface area (Å²) in [5.74, 6) is 1.56. The molecule has 0 unspecified atom stereocenters. The largest absolute Gasteiger partial charge is 0.465 e. The van der Waals surface area contributed by atoms with E-state index < -0.39 is 6.09 Å². The first-order chi connectivity index (χ1) is 21.9. The van der Waals surface area contributed by atoms with Crippen LogP contribution in [-0.2, 0) is 6.54 Å². The van der Waals surface area contributed by atoms with Crippen molar-refractivity contribution in [1.29, 1.82) is 0 Å². The number of aromatic nitrogens is 4. The maximum atomic E-state index is 13.6. The van der Waals surface area contributed by atoms with Gasteiger partial charge in [-0.3, -0.25) is 9.48 Å². The number of para-hydroxylation sites is 1. The van der Waals surface area contributed by atoms with Gasteiger partial charge in [-0.25, -0.2) is 14.8 Å². The molecule has 236 valence electrons. The van der Waals surface area contributed by atoms with Gasteiger partial charge in [-0.1, -0.05) is 18.2 Å². The molecule has 0 radical (unpaired) electrons. The highest BCUT2D eigenvalue weighted by Crippen LogP contribution is 2.30. The molecule has 1 aliphatic heterocycles. The molecule has 11 nitrogen and oxygen atoms in total. The first-order valence-electron chi connectivity index (χ1n) is 16.0. The number of hydrogen-bond donors (Lipinski definition) is 2. The lowest BCUT2D eigenvalue weighted by molar-refractivity contribution is 0.0937.